The third-order valence-corrected chi connectivity index (χ3v) is 3.93. The molecule has 0 bridgehead atoms. The molecule has 5 heteroatoms. The minimum atomic E-state index is -0.848. The molecule has 1 aliphatic rings. The maximum absolute atomic E-state index is 11.0. The Morgan fingerprint density at radius 2 is 2.24 bits per heavy atom. The molecule has 1 aromatic rings. The van der Waals surface area contributed by atoms with E-state index in [9.17, 15) is 4.79 Å². The van der Waals surface area contributed by atoms with Gasteiger partial charge in [-0.1, -0.05) is 29.5 Å². The molecule has 0 radical (unpaired) electrons. The van der Waals surface area contributed by atoms with Gasteiger partial charge in [-0.05, 0) is 32.0 Å². The van der Waals surface area contributed by atoms with Crippen molar-refractivity contribution in [3.8, 4) is 11.8 Å². The summed E-state index contributed by atoms with van der Waals surface area (Å²) in [4.78, 5) is 14.7. The molecule has 0 spiro atoms. The van der Waals surface area contributed by atoms with E-state index in [2.05, 4.69) is 16.7 Å². The summed E-state index contributed by atoms with van der Waals surface area (Å²) < 4.78 is 0. The minimum Gasteiger partial charge on any atom is -0.465 e. The lowest BCUT2D eigenvalue weighted by atomic mass is 10.1. The van der Waals surface area contributed by atoms with Gasteiger partial charge in [-0.15, -0.1) is 0 Å². The van der Waals surface area contributed by atoms with E-state index in [0.29, 0.717) is 24.7 Å². The molecule has 2 rings (SSSR count). The van der Waals surface area contributed by atoms with Crippen LogP contribution in [-0.4, -0.2) is 52.7 Å². The monoisotopic (exact) mass is 306 g/mol. The number of amides is 1. The van der Waals surface area contributed by atoms with Crippen LogP contribution < -0.4 is 0 Å². The highest BCUT2D eigenvalue weighted by Crippen LogP contribution is 2.14. The second kappa shape index (κ2) is 6.84. The molecule has 1 N–H and O–H groups in total. The van der Waals surface area contributed by atoms with Crippen LogP contribution in [0.5, 0.6) is 0 Å². The van der Waals surface area contributed by atoms with Crippen molar-refractivity contribution < 1.29 is 9.90 Å². The maximum Gasteiger partial charge on any atom is 0.407 e. The van der Waals surface area contributed by atoms with E-state index in [0.717, 1.165) is 5.56 Å². The average Bonchev–Trinajstić information content (AvgIpc) is 2.44. The lowest BCUT2D eigenvalue weighted by Gasteiger charge is -2.40. The molecule has 0 aromatic heterocycles. The Bertz CT molecular complexity index is 579. The van der Waals surface area contributed by atoms with E-state index in [1.54, 1.807) is 0 Å². The average molecular weight is 307 g/mol. The van der Waals surface area contributed by atoms with Crippen molar-refractivity contribution in [1.29, 1.82) is 0 Å². The number of rotatable bonds is 1. The summed E-state index contributed by atoms with van der Waals surface area (Å²) in [6.45, 7) is 5.84. The minimum absolute atomic E-state index is 0.0786. The Hall–Kier alpha value is -1.70. The zero-order valence-corrected chi connectivity index (χ0v) is 13.0. The van der Waals surface area contributed by atoms with Crippen molar-refractivity contribution in [3.05, 3.63) is 34.9 Å². The Labute approximate surface area is 130 Å². The summed E-state index contributed by atoms with van der Waals surface area (Å²) in [7, 11) is 0. The van der Waals surface area contributed by atoms with Crippen LogP contribution in [0.1, 0.15) is 19.4 Å². The van der Waals surface area contributed by atoms with Crippen LogP contribution in [-0.2, 0) is 0 Å². The smallest absolute Gasteiger partial charge is 0.407 e. The van der Waals surface area contributed by atoms with Gasteiger partial charge in [0.2, 0.25) is 0 Å². The van der Waals surface area contributed by atoms with Crippen LogP contribution in [0.15, 0.2) is 24.3 Å². The van der Waals surface area contributed by atoms with Gasteiger partial charge in [-0.25, -0.2) is 4.79 Å². The summed E-state index contributed by atoms with van der Waals surface area (Å²) in [5.74, 6) is 6.35. The predicted octanol–water partition coefficient (Wildman–Crippen LogP) is 2.76. The fraction of sp³-hybridized carbons (Fsp3) is 0.438. The number of nitrogens with zero attached hydrogens (tertiary/aromatic N) is 2. The molecule has 0 saturated carbocycles. The molecule has 1 fully saturated rings. The molecule has 112 valence electrons. The van der Waals surface area contributed by atoms with E-state index in [1.165, 1.54) is 4.90 Å². The SMILES string of the molecule is C[C@H](C#Cc1cccc(Cl)c1)N1CCN(C(=O)O)C[C@@H]1C. The highest BCUT2D eigenvalue weighted by atomic mass is 35.5. The van der Waals surface area contributed by atoms with E-state index >= 15 is 0 Å². The van der Waals surface area contributed by atoms with Crippen LogP contribution in [0.25, 0.3) is 0 Å². The van der Waals surface area contributed by atoms with Crippen LogP contribution in [0.2, 0.25) is 5.02 Å². The van der Waals surface area contributed by atoms with Gasteiger partial charge in [-0.3, -0.25) is 4.90 Å². The summed E-state index contributed by atoms with van der Waals surface area (Å²) >= 11 is 5.94. The number of piperazine rings is 1. The maximum atomic E-state index is 11.0. The van der Waals surface area contributed by atoms with Crippen molar-refractivity contribution >= 4 is 17.7 Å². The summed E-state index contributed by atoms with van der Waals surface area (Å²) in [6, 6.07) is 7.72. The van der Waals surface area contributed by atoms with E-state index in [1.807, 2.05) is 38.1 Å². The molecule has 1 amide bonds. The van der Waals surface area contributed by atoms with Crippen molar-refractivity contribution in [3.63, 3.8) is 0 Å². The van der Waals surface area contributed by atoms with Gasteiger partial charge in [-0.2, -0.15) is 0 Å². The van der Waals surface area contributed by atoms with Crippen LogP contribution >= 0.6 is 11.6 Å². The summed E-state index contributed by atoms with van der Waals surface area (Å²) in [6.07, 6.45) is -0.848. The molecule has 1 aliphatic heterocycles. The topological polar surface area (TPSA) is 43.8 Å². The Balaban J connectivity index is 2.01. The molecule has 0 unspecified atom stereocenters. The molecule has 2 atom stereocenters. The van der Waals surface area contributed by atoms with E-state index < -0.39 is 6.09 Å². The van der Waals surface area contributed by atoms with Gasteiger partial charge in [0.15, 0.2) is 0 Å². The molecule has 1 heterocycles. The zero-order chi connectivity index (χ0) is 15.4. The summed E-state index contributed by atoms with van der Waals surface area (Å²) in [5, 5.41) is 9.70. The van der Waals surface area contributed by atoms with Crippen molar-refractivity contribution in [2.45, 2.75) is 25.9 Å². The molecule has 21 heavy (non-hydrogen) atoms. The second-order valence-electron chi connectivity index (χ2n) is 5.27. The lowest BCUT2D eigenvalue weighted by Crippen LogP contribution is -2.55. The van der Waals surface area contributed by atoms with Gasteiger partial charge >= 0.3 is 6.09 Å². The molecular formula is C16H19ClN2O2. The summed E-state index contributed by atoms with van der Waals surface area (Å²) in [5.41, 5.74) is 0.895. The Morgan fingerprint density at radius 1 is 1.48 bits per heavy atom. The van der Waals surface area contributed by atoms with E-state index in [4.69, 9.17) is 16.7 Å². The normalized spacial score (nSPS) is 20.5. The number of benzene rings is 1. The third-order valence-electron chi connectivity index (χ3n) is 3.70. The first-order valence-electron chi connectivity index (χ1n) is 6.98. The number of carbonyl (C=O) groups is 1. The quantitative estimate of drug-likeness (QED) is 0.811. The predicted molar refractivity (Wildman–Crippen MR) is 83.6 cm³/mol. The first-order chi connectivity index (χ1) is 9.97. The largest absolute Gasteiger partial charge is 0.465 e. The molecular weight excluding hydrogens is 288 g/mol. The van der Waals surface area contributed by atoms with Gasteiger partial charge in [0.25, 0.3) is 0 Å². The lowest BCUT2D eigenvalue weighted by molar-refractivity contribution is 0.0662. The zero-order valence-electron chi connectivity index (χ0n) is 12.2. The van der Waals surface area contributed by atoms with E-state index in [-0.39, 0.29) is 12.1 Å². The first kappa shape index (κ1) is 15.7. The number of hydrogen-bond donors (Lipinski definition) is 1. The van der Waals surface area contributed by atoms with Crippen LogP contribution in [0.3, 0.4) is 0 Å². The molecule has 1 aromatic carbocycles. The van der Waals surface area contributed by atoms with Gasteiger partial charge in [0, 0.05) is 36.3 Å². The highest BCUT2D eigenvalue weighted by molar-refractivity contribution is 6.30. The number of halogens is 1. The molecule has 0 aliphatic carbocycles. The standard InChI is InChI=1S/C16H19ClN2O2/c1-12(6-7-14-4-3-5-15(17)10-14)19-9-8-18(16(20)21)11-13(19)2/h3-5,10,12-13H,8-9,11H2,1-2H3,(H,20,21)/t12-,13+/m1/s1. The second-order valence-corrected chi connectivity index (χ2v) is 5.71. The van der Waals surface area contributed by atoms with Crippen LogP contribution in [0, 0.1) is 11.8 Å². The van der Waals surface area contributed by atoms with Crippen molar-refractivity contribution in [2.75, 3.05) is 19.6 Å². The third kappa shape index (κ3) is 4.13. The highest BCUT2D eigenvalue weighted by Gasteiger charge is 2.28. The van der Waals surface area contributed by atoms with Crippen LogP contribution in [0.4, 0.5) is 4.79 Å². The fourth-order valence-corrected chi connectivity index (χ4v) is 2.75. The van der Waals surface area contributed by atoms with Gasteiger partial charge < -0.3 is 10.0 Å². The van der Waals surface area contributed by atoms with Gasteiger partial charge in [0.05, 0.1) is 6.04 Å². The Kier molecular flexibility index (Phi) is 5.11. The first-order valence-corrected chi connectivity index (χ1v) is 7.36. The molecule has 4 nitrogen and oxygen atoms in total. The van der Waals surface area contributed by atoms with Crippen molar-refractivity contribution in [2.24, 2.45) is 0 Å². The fourth-order valence-electron chi connectivity index (χ4n) is 2.56. The number of hydrogen-bond acceptors (Lipinski definition) is 2. The van der Waals surface area contributed by atoms with Gasteiger partial charge in [0.1, 0.15) is 0 Å². The Morgan fingerprint density at radius 3 is 2.86 bits per heavy atom. The molecule has 1 saturated heterocycles. The van der Waals surface area contributed by atoms with Crippen molar-refractivity contribution in [1.82, 2.24) is 9.80 Å². The number of carboxylic acid groups (broad SMARTS) is 1.